The van der Waals surface area contributed by atoms with Crippen LogP contribution in [0.5, 0.6) is 0 Å². The van der Waals surface area contributed by atoms with Gasteiger partial charge in [-0.25, -0.2) is 9.18 Å². The monoisotopic (exact) mass is 346 g/mol. The van der Waals surface area contributed by atoms with Crippen LogP contribution in [0, 0.1) is 23.7 Å². The zero-order valence-electron chi connectivity index (χ0n) is 15.0. The first-order valence-corrected chi connectivity index (χ1v) is 8.29. The van der Waals surface area contributed by atoms with E-state index in [1.54, 1.807) is 25.5 Å². The van der Waals surface area contributed by atoms with E-state index in [-0.39, 0.29) is 18.3 Å². The predicted octanol–water partition coefficient (Wildman–Crippen LogP) is 2.82. The maximum Gasteiger partial charge on any atom is 0.410 e. The van der Waals surface area contributed by atoms with E-state index < -0.39 is 24.4 Å². The second-order valence-corrected chi connectivity index (χ2v) is 7.05. The molecule has 0 aliphatic carbocycles. The summed E-state index contributed by atoms with van der Waals surface area (Å²) in [5.74, 6) is 2.42. The van der Waals surface area contributed by atoms with Gasteiger partial charge < -0.3 is 9.64 Å². The molecule has 0 radical (unpaired) electrons. The molecule has 134 valence electrons. The molecule has 0 bridgehead atoms. The molecule has 1 saturated heterocycles. The van der Waals surface area contributed by atoms with E-state index in [0.29, 0.717) is 24.1 Å². The Hall–Kier alpha value is -2.54. The number of hydrogen-bond acceptors (Lipinski definition) is 4. The standard InChI is InChI=1S/C18H23FN4O2/c1-6-15-14(10-20)16(7-2)23(21-15)13-8-12(9-19)22(11-13)17(24)25-18(3,4)5/h1,12-13H,7-9,11H2,2-5H3/t12-,13-/m0/s1. The van der Waals surface area contributed by atoms with Crippen LogP contribution >= 0.6 is 0 Å². The third-order valence-corrected chi connectivity index (χ3v) is 4.14. The molecular weight excluding hydrogens is 323 g/mol. The molecule has 2 rings (SSSR count). The Morgan fingerprint density at radius 2 is 2.20 bits per heavy atom. The Balaban J connectivity index is 2.32. The average Bonchev–Trinajstić information content (AvgIpc) is 3.13. The molecule has 0 aromatic carbocycles. The Kier molecular flexibility index (Phi) is 5.37. The van der Waals surface area contributed by atoms with E-state index in [0.717, 1.165) is 0 Å². The number of aromatic nitrogens is 2. The molecule has 0 N–H and O–H groups in total. The molecule has 1 aromatic rings. The number of halogens is 1. The lowest BCUT2D eigenvalue weighted by Crippen LogP contribution is -2.40. The number of carbonyl (C=O) groups excluding carboxylic acids is 1. The second-order valence-electron chi connectivity index (χ2n) is 7.05. The molecule has 0 spiro atoms. The molecule has 7 heteroatoms. The first kappa shape index (κ1) is 18.8. The number of terminal acetylenes is 1. The fourth-order valence-corrected chi connectivity index (χ4v) is 3.09. The summed E-state index contributed by atoms with van der Waals surface area (Å²) in [7, 11) is 0. The number of alkyl halides is 1. The zero-order valence-corrected chi connectivity index (χ0v) is 15.0. The normalized spacial score (nSPS) is 20.2. The smallest absolute Gasteiger partial charge is 0.410 e. The highest BCUT2D eigenvalue weighted by Gasteiger charge is 2.39. The van der Waals surface area contributed by atoms with Crippen molar-refractivity contribution in [2.24, 2.45) is 0 Å². The van der Waals surface area contributed by atoms with Crippen molar-refractivity contribution in [1.82, 2.24) is 14.7 Å². The Labute approximate surface area is 147 Å². The Morgan fingerprint density at radius 1 is 1.52 bits per heavy atom. The summed E-state index contributed by atoms with van der Waals surface area (Å²) in [6.45, 7) is 6.82. The molecule has 2 heterocycles. The number of amides is 1. The number of nitrogens with zero attached hydrogens (tertiary/aromatic N) is 4. The lowest BCUT2D eigenvalue weighted by atomic mass is 10.1. The van der Waals surface area contributed by atoms with Crippen molar-refractivity contribution in [2.45, 2.75) is 58.2 Å². The predicted molar refractivity (Wildman–Crippen MR) is 90.6 cm³/mol. The van der Waals surface area contributed by atoms with E-state index in [9.17, 15) is 14.4 Å². The summed E-state index contributed by atoms with van der Waals surface area (Å²) in [4.78, 5) is 13.8. The van der Waals surface area contributed by atoms with Crippen LogP contribution < -0.4 is 0 Å². The molecule has 1 aromatic heterocycles. The third-order valence-electron chi connectivity index (χ3n) is 4.14. The lowest BCUT2D eigenvalue weighted by molar-refractivity contribution is 0.0203. The van der Waals surface area contributed by atoms with Crippen molar-refractivity contribution in [2.75, 3.05) is 13.2 Å². The van der Waals surface area contributed by atoms with Crippen LogP contribution in [-0.4, -0.2) is 45.6 Å². The van der Waals surface area contributed by atoms with E-state index in [2.05, 4.69) is 17.1 Å². The van der Waals surface area contributed by atoms with Gasteiger partial charge in [0, 0.05) is 6.54 Å². The topological polar surface area (TPSA) is 71.2 Å². The average molecular weight is 346 g/mol. The van der Waals surface area contributed by atoms with Gasteiger partial charge >= 0.3 is 6.09 Å². The molecule has 1 aliphatic rings. The van der Waals surface area contributed by atoms with Crippen molar-refractivity contribution < 1.29 is 13.9 Å². The van der Waals surface area contributed by atoms with Gasteiger partial charge in [0.25, 0.3) is 0 Å². The number of carbonyl (C=O) groups is 1. The first-order valence-electron chi connectivity index (χ1n) is 8.29. The number of hydrogen-bond donors (Lipinski definition) is 0. The summed E-state index contributed by atoms with van der Waals surface area (Å²) < 4.78 is 20.5. The van der Waals surface area contributed by atoms with E-state index in [1.165, 1.54) is 4.90 Å². The van der Waals surface area contributed by atoms with Crippen LogP contribution in [0.3, 0.4) is 0 Å². The largest absolute Gasteiger partial charge is 0.444 e. The Bertz CT molecular complexity index is 736. The van der Waals surface area contributed by atoms with Crippen LogP contribution in [0.25, 0.3) is 0 Å². The van der Waals surface area contributed by atoms with Crippen molar-refractivity contribution in [3.05, 3.63) is 17.0 Å². The fourth-order valence-electron chi connectivity index (χ4n) is 3.09. The highest BCUT2D eigenvalue weighted by Crippen LogP contribution is 2.31. The van der Waals surface area contributed by atoms with Gasteiger partial charge in [0.1, 0.15) is 23.9 Å². The molecule has 0 saturated carbocycles. The molecule has 1 aliphatic heterocycles. The van der Waals surface area contributed by atoms with Crippen molar-refractivity contribution >= 4 is 6.09 Å². The minimum Gasteiger partial charge on any atom is -0.444 e. The highest BCUT2D eigenvalue weighted by atomic mass is 19.1. The zero-order chi connectivity index (χ0) is 18.8. The molecule has 25 heavy (non-hydrogen) atoms. The lowest BCUT2D eigenvalue weighted by Gasteiger charge is -2.27. The summed E-state index contributed by atoms with van der Waals surface area (Å²) in [5.41, 5.74) is 0.717. The Morgan fingerprint density at radius 3 is 2.68 bits per heavy atom. The molecule has 1 amide bonds. The van der Waals surface area contributed by atoms with E-state index >= 15 is 0 Å². The van der Waals surface area contributed by atoms with Gasteiger partial charge in [0.15, 0.2) is 5.69 Å². The van der Waals surface area contributed by atoms with E-state index in [4.69, 9.17) is 11.2 Å². The van der Waals surface area contributed by atoms with Crippen LogP contribution in [0.4, 0.5) is 9.18 Å². The summed E-state index contributed by atoms with van der Waals surface area (Å²) >= 11 is 0. The SMILES string of the molecule is C#Cc1nn([C@H]2C[C@@H](CF)N(C(=O)OC(C)(C)C)C2)c(CC)c1C#N. The van der Waals surface area contributed by atoms with Gasteiger partial charge in [0.2, 0.25) is 0 Å². The minimum absolute atomic E-state index is 0.239. The van der Waals surface area contributed by atoms with Gasteiger partial charge in [-0.3, -0.25) is 4.68 Å². The molecule has 0 unspecified atom stereocenters. The van der Waals surface area contributed by atoms with Crippen LogP contribution in [0.15, 0.2) is 0 Å². The fraction of sp³-hybridized carbons (Fsp3) is 0.611. The molecule has 2 atom stereocenters. The number of rotatable bonds is 3. The number of nitriles is 1. The molecular formula is C18H23FN4O2. The van der Waals surface area contributed by atoms with E-state index in [1.807, 2.05) is 6.92 Å². The van der Waals surface area contributed by atoms with Crippen molar-refractivity contribution in [3.8, 4) is 18.4 Å². The molecule has 1 fully saturated rings. The first-order chi connectivity index (χ1) is 11.8. The molecule has 6 nitrogen and oxygen atoms in total. The quantitative estimate of drug-likeness (QED) is 0.789. The summed E-state index contributed by atoms with van der Waals surface area (Å²) in [5, 5.41) is 13.7. The third kappa shape index (κ3) is 3.76. The van der Waals surface area contributed by atoms with Crippen molar-refractivity contribution in [1.29, 1.82) is 5.26 Å². The highest BCUT2D eigenvalue weighted by molar-refractivity contribution is 5.69. The van der Waals surface area contributed by atoms with Gasteiger partial charge in [-0.1, -0.05) is 6.92 Å². The van der Waals surface area contributed by atoms with Gasteiger partial charge in [-0.2, -0.15) is 10.4 Å². The van der Waals surface area contributed by atoms with Gasteiger partial charge in [-0.15, -0.1) is 6.42 Å². The van der Waals surface area contributed by atoms with Crippen LogP contribution in [0.1, 0.15) is 57.1 Å². The second kappa shape index (κ2) is 7.14. The summed E-state index contributed by atoms with van der Waals surface area (Å²) in [6, 6.07) is 1.28. The minimum atomic E-state index is -0.661. The maximum atomic E-state index is 13.5. The van der Waals surface area contributed by atoms with Gasteiger partial charge in [-0.05, 0) is 39.5 Å². The number of likely N-dealkylation sites (tertiary alicyclic amines) is 1. The van der Waals surface area contributed by atoms with Crippen LogP contribution in [-0.2, 0) is 11.2 Å². The van der Waals surface area contributed by atoms with Crippen molar-refractivity contribution in [3.63, 3.8) is 0 Å². The number of ether oxygens (including phenoxy) is 1. The summed E-state index contributed by atoms with van der Waals surface area (Å²) in [6.07, 6.45) is 5.87. The van der Waals surface area contributed by atoms with Crippen LogP contribution in [0.2, 0.25) is 0 Å². The van der Waals surface area contributed by atoms with Gasteiger partial charge in [0.05, 0.1) is 17.8 Å². The maximum absolute atomic E-state index is 13.5.